The first-order valence-electron chi connectivity index (χ1n) is 4.96. The normalized spacial score (nSPS) is 19.5. The molecule has 0 fully saturated rings. The molecule has 1 atom stereocenters. The van der Waals surface area contributed by atoms with Gasteiger partial charge in [0.2, 0.25) is 0 Å². The van der Waals surface area contributed by atoms with E-state index in [4.69, 9.17) is 5.11 Å². The van der Waals surface area contributed by atoms with Crippen LogP contribution < -0.4 is 4.90 Å². The van der Waals surface area contributed by atoms with E-state index in [-0.39, 0.29) is 0 Å². The number of carbonyl (C=O) groups is 1. The van der Waals surface area contributed by atoms with Crippen LogP contribution in [0.5, 0.6) is 0 Å². The predicted molar refractivity (Wildman–Crippen MR) is 58.9 cm³/mol. The maximum atomic E-state index is 10.5. The number of carboxylic acids is 1. The smallest absolute Gasteiger partial charge is 0.329 e. The van der Waals surface area contributed by atoms with Gasteiger partial charge in [-0.05, 0) is 25.0 Å². The molecule has 0 bridgehead atoms. The van der Waals surface area contributed by atoms with Gasteiger partial charge < -0.3 is 10.0 Å². The van der Waals surface area contributed by atoms with Crippen LogP contribution in [0.2, 0.25) is 0 Å². The average molecular weight is 203 g/mol. The minimum Gasteiger partial charge on any atom is -0.478 e. The first-order valence-corrected chi connectivity index (χ1v) is 4.96. The van der Waals surface area contributed by atoms with Crippen molar-refractivity contribution in [3.8, 4) is 0 Å². The second-order valence-corrected chi connectivity index (χ2v) is 3.74. The Labute approximate surface area is 88.6 Å². The van der Waals surface area contributed by atoms with Crippen molar-refractivity contribution >= 4 is 11.7 Å². The van der Waals surface area contributed by atoms with E-state index in [2.05, 4.69) is 13.0 Å². The van der Waals surface area contributed by atoms with Gasteiger partial charge in [0.15, 0.2) is 0 Å². The lowest BCUT2D eigenvalue weighted by Gasteiger charge is -2.19. The Kier molecular flexibility index (Phi) is 2.46. The van der Waals surface area contributed by atoms with Crippen molar-refractivity contribution in [2.75, 3.05) is 4.90 Å². The van der Waals surface area contributed by atoms with Gasteiger partial charge in [-0.1, -0.05) is 18.2 Å². The van der Waals surface area contributed by atoms with Crippen LogP contribution in [-0.2, 0) is 11.2 Å². The summed E-state index contributed by atoms with van der Waals surface area (Å²) in [6.07, 6.45) is 3.79. The highest BCUT2D eigenvalue weighted by atomic mass is 16.4. The minimum atomic E-state index is -0.911. The molecule has 78 valence electrons. The van der Waals surface area contributed by atoms with Gasteiger partial charge in [0.05, 0.1) is 0 Å². The van der Waals surface area contributed by atoms with E-state index in [1.807, 2.05) is 23.1 Å². The average Bonchev–Trinajstić information content (AvgIpc) is 2.50. The number of anilines is 1. The zero-order chi connectivity index (χ0) is 10.8. The maximum absolute atomic E-state index is 10.5. The van der Waals surface area contributed by atoms with Crippen LogP contribution in [0.1, 0.15) is 12.5 Å². The quantitative estimate of drug-likeness (QED) is 0.748. The fourth-order valence-electron chi connectivity index (χ4n) is 1.96. The molecule has 3 heteroatoms. The molecule has 1 aliphatic heterocycles. The lowest BCUT2D eigenvalue weighted by molar-refractivity contribution is -0.131. The minimum absolute atomic E-state index is 0.331. The third-order valence-corrected chi connectivity index (χ3v) is 2.64. The standard InChI is InChI=1S/C12H13NO2/c1-9-8-10-4-2-3-5-11(10)13(9)7-6-12(14)15/h2-7,9H,8H2,1H3,(H,14,15)/b7-6+. The summed E-state index contributed by atoms with van der Waals surface area (Å²) < 4.78 is 0. The summed E-state index contributed by atoms with van der Waals surface area (Å²) in [5.74, 6) is -0.911. The number of hydrogen-bond acceptors (Lipinski definition) is 2. The number of aliphatic carboxylic acids is 1. The van der Waals surface area contributed by atoms with Crippen LogP contribution in [-0.4, -0.2) is 17.1 Å². The lowest BCUT2D eigenvalue weighted by atomic mass is 10.1. The third kappa shape index (κ3) is 1.86. The molecule has 0 radical (unpaired) electrons. The van der Waals surface area contributed by atoms with Crippen molar-refractivity contribution in [2.45, 2.75) is 19.4 Å². The van der Waals surface area contributed by atoms with Gasteiger partial charge in [0.1, 0.15) is 0 Å². The van der Waals surface area contributed by atoms with Crippen molar-refractivity contribution in [1.82, 2.24) is 0 Å². The Morgan fingerprint density at radius 2 is 2.27 bits per heavy atom. The Morgan fingerprint density at radius 1 is 1.53 bits per heavy atom. The highest BCUT2D eigenvalue weighted by molar-refractivity contribution is 5.80. The number of carboxylic acid groups (broad SMARTS) is 1. The van der Waals surface area contributed by atoms with Gasteiger partial charge in [0.25, 0.3) is 0 Å². The van der Waals surface area contributed by atoms with Gasteiger partial charge in [-0.25, -0.2) is 4.79 Å². The molecular formula is C12H13NO2. The number of nitrogens with zero attached hydrogens (tertiary/aromatic N) is 1. The molecule has 0 amide bonds. The SMILES string of the molecule is CC1Cc2ccccc2N1/C=C/C(=O)O. The van der Waals surface area contributed by atoms with Gasteiger partial charge in [-0.3, -0.25) is 0 Å². The fraction of sp³-hybridized carbons (Fsp3) is 0.250. The summed E-state index contributed by atoms with van der Waals surface area (Å²) in [5, 5.41) is 8.59. The largest absolute Gasteiger partial charge is 0.478 e. The number of para-hydroxylation sites is 1. The van der Waals surface area contributed by atoms with Crippen molar-refractivity contribution in [2.24, 2.45) is 0 Å². The molecule has 1 heterocycles. The van der Waals surface area contributed by atoms with Crippen molar-refractivity contribution in [3.05, 3.63) is 42.1 Å². The number of rotatable bonds is 2. The molecule has 1 unspecified atom stereocenters. The molecule has 2 rings (SSSR count). The fourth-order valence-corrected chi connectivity index (χ4v) is 1.96. The van der Waals surface area contributed by atoms with Crippen LogP contribution in [0.15, 0.2) is 36.5 Å². The first-order chi connectivity index (χ1) is 7.18. The summed E-state index contributed by atoms with van der Waals surface area (Å²) in [4.78, 5) is 12.5. The molecule has 0 aromatic heterocycles. The molecule has 1 aliphatic rings. The van der Waals surface area contributed by atoms with Crippen molar-refractivity contribution in [1.29, 1.82) is 0 Å². The van der Waals surface area contributed by atoms with E-state index in [0.717, 1.165) is 12.1 Å². The molecule has 3 nitrogen and oxygen atoms in total. The van der Waals surface area contributed by atoms with E-state index < -0.39 is 5.97 Å². The lowest BCUT2D eigenvalue weighted by Crippen LogP contribution is -2.23. The second kappa shape index (κ2) is 3.77. The Balaban J connectivity index is 2.30. The van der Waals surface area contributed by atoms with E-state index in [9.17, 15) is 4.79 Å². The number of hydrogen-bond donors (Lipinski definition) is 1. The molecule has 1 aromatic rings. The van der Waals surface area contributed by atoms with Crippen LogP contribution in [0, 0.1) is 0 Å². The molecule has 1 N–H and O–H groups in total. The van der Waals surface area contributed by atoms with E-state index in [0.29, 0.717) is 6.04 Å². The molecule has 1 aromatic carbocycles. The Bertz CT molecular complexity index is 412. The predicted octanol–water partition coefficient (Wildman–Crippen LogP) is 2.04. The topological polar surface area (TPSA) is 40.5 Å². The zero-order valence-electron chi connectivity index (χ0n) is 8.55. The zero-order valence-corrected chi connectivity index (χ0v) is 8.55. The summed E-state index contributed by atoms with van der Waals surface area (Å²) in [5.41, 5.74) is 2.39. The van der Waals surface area contributed by atoms with Gasteiger partial charge in [-0.15, -0.1) is 0 Å². The van der Waals surface area contributed by atoms with Crippen LogP contribution in [0.25, 0.3) is 0 Å². The Hall–Kier alpha value is -1.77. The number of benzene rings is 1. The maximum Gasteiger partial charge on any atom is 0.329 e. The monoisotopic (exact) mass is 203 g/mol. The molecular weight excluding hydrogens is 190 g/mol. The van der Waals surface area contributed by atoms with Gasteiger partial charge in [0, 0.05) is 24.0 Å². The highest BCUT2D eigenvalue weighted by Crippen LogP contribution is 2.31. The summed E-state index contributed by atoms with van der Waals surface area (Å²) >= 11 is 0. The summed E-state index contributed by atoms with van der Waals surface area (Å²) in [6, 6.07) is 8.41. The van der Waals surface area contributed by atoms with Crippen LogP contribution >= 0.6 is 0 Å². The second-order valence-electron chi connectivity index (χ2n) is 3.74. The highest BCUT2D eigenvalue weighted by Gasteiger charge is 2.23. The number of fused-ring (bicyclic) bond motifs is 1. The van der Waals surface area contributed by atoms with E-state index >= 15 is 0 Å². The van der Waals surface area contributed by atoms with Crippen molar-refractivity contribution in [3.63, 3.8) is 0 Å². The van der Waals surface area contributed by atoms with E-state index in [1.54, 1.807) is 6.20 Å². The van der Waals surface area contributed by atoms with Crippen LogP contribution in [0.4, 0.5) is 5.69 Å². The Morgan fingerprint density at radius 3 is 3.00 bits per heavy atom. The molecule has 0 saturated carbocycles. The summed E-state index contributed by atoms with van der Waals surface area (Å²) in [6.45, 7) is 2.09. The third-order valence-electron chi connectivity index (χ3n) is 2.64. The molecule has 0 saturated heterocycles. The van der Waals surface area contributed by atoms with E-state index in [1.165, 1.54) is 11.6 Å². The van der Waals surface area contributed by atoms with Gasteiger partial charge in [-0.2, -0.15) is 0 Å². The molecule has 0 aliphatic carbocycles. The summed E-state index contributed by atoms with van der Waals surface area (Å²) in [7, 11) is 0. The van der Waals surface area contributed by atoms with Crippen molar-refractivity contribution < 1.29 is 9.90 Å². The van der Waals surface area contributed by atoms with Crippen LogP contribution in [0.3, 0.4) is 0 Å². The molecule has 0 spiro atoms. The van der Waals surface area contributed by atoms with Gasteiger partial charge >= 0.3 is 5.97 Å². The molecule has 15 heavy (non-hydrogen) atoms. The first kappa shape index (κ1) is 9.77.